The highest BCUT2D eigenvalue weighted by Gasteiger charge is 2.48. The highest BCUT2D eigenvalue weighted by Crippen LogP contribution is 2.42. The summed E-state index contributed by atoms with van der Waals surface area (Å²) >= 11 is 0. The molecule has 1 aliphatic carbocycles. The average Bonchev–Trinajstić information content (AvgIpc) is 3.74. The van der Waals surface area contributed by atoms with Gasteiger partial charge >= 0.3 is 5.69 Å². The van der Waals surface area contributed by atoms with Crippen LogP contribution in [0.25, 0.3) is 16.7 Å². The minimum atomic E-state index is -2.91. The summed E-state index contributed by atoms with van der Waals surface area (Å²) in [6.07, 6.45) is 6.80. The van der Waals surface area contributed by atoms with Gasteiger partial charge in [-0.05, 0) is 75.1 Å². The van der Waals surface area contributed by atoms with Crippen molar-refractivity contribution in [1.29, 1.82) is 0 Å². The Hall–Kier alpha value is -6.15. The maximum absolute atomic E-state index is 16.3. The molecule has 3 amide bonds. The van der Waals surface area contributed by atoms with Gasteiger partial charge in [0.25, 0.3) is 11.8 Å². The summed E-state index contributed by atoms with van der Waals surface area (Å²) in [6, 6.07) is 9.97. The molecule has 2 atom stereocenters. The van der Waals surface area contributed by atoms with Crippen LogP contribution in [0.15, 0.2) is 47.4 Å². The van der Waals surface area contributed by atoms with Crippen LogP contribution in [-0.4, -0.2) is 142 Å². The van der Waals surface area contributed by atoms with Crippen molar-refractivity contribution < 1.29 is 27.6 Å². The van der Waals surface area contributed by atoms with Crippen LogP contribution < -0.4 is 36.3 Å². The molecule has 4 saturated heterocycles. The van der Waals surface area contributed by atoms with E-state index in [2.05, 4.69) is 48.9 Å². The molecule has 3 aromatic heterocycles. The predicted octanol–water partition coefficient (Wildman–Crippen LogP) is 3.88. The fourth-order valence-corrected chi connectivity index (χ4v) is 11.4. The number of hydrogen-bond donors (Lipinski definition) is 3. The third-order valence-corrected chi connectivity index (χ3v) is 15.0. The molecular weight excluding hydrogens is 868 g/mol. The fraction of sp³-hybridized carbons (Fsp3) is 0.532. The highest BCUT2D eigenvalue weighted by atomic mass is 19.3. The van der Waals surface area contributed by atoms with Gasteiger partial charge in [0.15, 0.2) is 23.0 Å². The Morgan fingerprint density at radius 1 is 0.881 bits per heavy atom. The number of aryl methyl sites for hydroxylation is 1. The summed E-state index contributed by atoms with van der Waals surface area (Å²) in [6.45, 7) is 4.75. The van der Waals surface area contributed by atoms with Crippen molar-refractivity contribution >= 4 is 63.0 Å². The van der Waals surface area contributed by atoms with E-state index in [1.165, 1.54) is 27.4 Å². The van der Waals surface area contributed by atoms with E-state index < -0.39 is 41.3 Å². The van der Waals surface area contributed by atoms with Crippen molar-refractivity contribution in [3.05, 3.63) is 70.2 Å². The maximum Gasteiger partial charge on any atom is 0.329 e. The summed E-state index contributed by atoms with van der Waals surface area (Å²) < 4.78 is 52.5. The molecule has 0 bridgehead atoms. The number of fused-ring (bicyclic) bond motifs is 3. The number of carbonyl (C=O) groups is 3. The number of imide groups is 1. The lowest BCUT2D eigenvalue weighted by atomic mass is 9.92. The molecule has 6 aliphatic rings. The Labute approximate surface area is 384 Å². The van der Waals surface area contributed by atoms with Crippen molar-refractivity contribution in [1.82, 2.24) is 44.2 Å². The van der Waals surface area contributed by atoms with Crippen molar-refractivity contribution in [3.8, 4) is 0 Å². The van der Waals surface area contributed by atoms with Gasteiger partial charge in [0, 0.05) is 108 Å². The molecule has 354 valence electrons. The molecule has 11 rings (SSSR count). The number of hydrogen-bond acceptors (Lipinski definition) is 12. The first-order valence-electron chi connectivity index (χ1n) is 23.7. The number of piperidine rings is 3. The standard InChI is InChI=1S/C47H56F3N13O4/c1-51-31-24-39(55-63-37(25-52-43(31)63)45(66)53-29-6-7-29)61-19-14-30-32(4-3-5-33(30)61)58-17-12-28(13-18-58)26-57-16-15-38(47(49,50)27-57)60-22-20-59(21-23-60)34-8-9-35-42(41(34)48)56(2)46(67)62(35)36-10-11-40(64)54-44(36)65/h3-5,8-9,24-25,28-29,36,38,51H,6-7,10-23,26-27H2,1-2H3,(H,53,66)(H,54,64,65)/t36?,38-/m1/s1. The van der Waals surface area contributed by atoms with Crippen LogP contribution in [0.2, 0.25) is 0 Å². The number of rotatable bonds is 10. The van der Waals surface area contributed by atoms with Crippen molar-refractivity contribution in [2.45, 2.75) is 75.4 Å². The van der Waals surface area contributed by atoms with Gasteiger partial charge in [-0.3, -0.25) is 38.6 Å². The number of aromatic nitrogens is 5. The van der Waals surface area contributed by atoms with Gasteiger partial charge in [0.1, 0.15) is 11.6 Å². The lowest BCUT2D eigenvalue weighted by Crippen LogP contribution is -2.62. The smallest absolute Gasteiger partial charge is 0.329 e. The molecule has 2 aromatic carbocycles. The van der Waals surface area contributed by atoms with E-state index in [9.17, 15) is 19.2 Å². The molecule has 8 heterocycles. The minimum absolute atomic E-state index is 0.0584. The molecule has 1 unspecified atom stereocenters. The zero-order valence-corrected chi connectivity index (χ0v) is 37.8. The fourth-order valence-electron chi connectivity index (χ4n) is 11.4. The quantitative estimate of drug-likeness (QED) is 0.174. The first-order chi connectivity index (χ1) is 32.4. The van der Waals surface area contributed by atoms with Gasteiger partial charge in [-0.2, -0.15) is 0 Å². The molecular formula is C47H56F3N13O4. The largest absolute Gasteiger partial charge is 0.385 e. The molecule has 67 heavy (non-hydrogen) atoms. The second-order valence-electron chi connectivity index (χ2n) is 19.2. The average molecular weight is 924 g/mol. The summed E-state index contributed by atoms with van der Waals surface area (Å²) in [5.41, 5.74) is 5.38. The molecule has 5 fully saturated rings. The Morgan fingerprint density at radius 3 is 2.37 bits per heavy atom. The van der Waals surface area contributed by atoms with Crippen molar-refractivity contribution in [2.75, 3.05) is 92.5 Å². The predicted molar refractivity (Wildman–Crippen MR) is 247 cm³/mol. The molecule has 5 aromatic rings. The van der Waals surface area contributed by atoms with Gasteiger partial charge in [-0.1, -0.05) is 6.07 Å². The van der Waals surface area contributed by atoms with Gasteiger partial charge < -0.3 is 25.3 Å². The molecule has 20 heteroatoms. The monoisotopic (exact) mass is 923 g/mol. The van der Waals surface area contributed by atoms with Crippen LogP contribution >= 0.6 is 0 Å². The number of anilines is 5. The zero-order valence-electron chi connectivity index (χ0n) is 37.8. The van der Waals surface area contributed by atoms with E-state index in [1.54, 1.807) is 22.8 Å². The van der Waals surface area contributed by atoms with Gasteiger partial charge in [-0.15, -0.1) is 5.10 Å². The third-order valence-electron chi connectivity index (χ3n) is 15.0. The van der Waals surface area contributed by atoms with Gasteiger partial charge in [0.2, 0.25) is 11.8 Å². The SMILES string of the molecule is CNc1cc(N2CCc3c(N4CCC(CN5CC[C@@H](N6CCN(c7ccc8c(c7F)n(C)c(=O)n8C7CCC(=O)NC7=O)CC6)C(F)(F)C5)CC4)cccc32)nn2c(C(=O)NC3CC3)cnc12. The first kappa shape index (κ1) is 43.4. The number of alkyl halides is 2. The van der Waals surface area contributed by atoms with E-state index in [4.69, 9.17) is 5.10 Å². The van der Waals surface area contributed by atoms with Crippen molar-refractivity contribution in [3.63, 3.8) is 0 Å². The molecule has 1 saturated carbocycles. The number of nitrogens with one attached hydrogen (secondary N) is 3. The topological polar surface area (TPSA) is 161 Å². The normalized spacial score (nSPS) is 23.0. The maximum atomic E-state index is 16.3. The van der Waals surface area contributed by atoms with Gasteiger partial charge in [0.05, 0.1) is 35.7 Å². The molecule has 3 N–H and O–H groups in total. The second kappa shape index (κ2) is 16.9. The van der Waals surface area contributed by atoms with E-state index in [1.807, 2.05) is 27.8 Å². The van der Waals surface area contributed by atoms with Crippen LogP contribution in [0.3, 0.4) is 0 Å². The number of imidazole rings is 2. The Bertz CT molecular complexity index is 2840. The van der Waals surface area contributed by atoms with Crippen LogP contribution in [0, 0.1) is 11.7 Å². The summed E-state index contributed by atoms with van der Waals surface area (Å²) in [5, 5.41) is 13.5. The van der Waals surface area contributed by atoms with E-state index in [0.29, 0.717) is 62.9 Å². The van der Waals surface area contributed by atoms with E-state index in [-0.39, 0.29) is 48.1 Å². The van der Waals surface area contributed by atoms with Crippen molar-refractivity contribution in [2.24, 2.45) is 13.0 Å². The summed E-state index contributed by atoms with van der Waals surface area (Å²) in [5.74, 6) is -3.65. The first-order valence-corrected chi connectivity index (χ1v) is 23.7. The van der Waals surface area contributed by atoms with E-state index in [0.717, 1.165) is 68.9 Å². The van der Waals surface area contributed by atoms with Crippen LogP contribution in [0.5, 0.6) is 0 Å². The Morgan fingerprint density at radius 2 is 1.64 bits per heavy atom. The Kier molecular flexibility index (Phi) is 10.9. The minimum Gasteiger partial charge on any atom is -0.385 e. The lowest BCUT2D eigenvalue weighted by molar-refractivity contribution is -0.135. The van der Waals surface area contributed by atoms with Crippen LogP contribution in [0.1, 0.15) is 67.0 Å². The summed E-state index contributed by atoms with van der Waals surface area (Å²) in [7, 11) is 3.29. The molecule has 0 spiro atoms. The number of amides is 3. The third kappa shape index (κ3) is 7.74. The number of nitrogens with zero attached hydrogens (tertiary/aromatic N) is 10. The zero-order chi connectivity index (χ0) is 46.3. The van der Waals surface area contributed by atoms with Crippen LogP contribution in [-0.2, 0) is 23.1 Å². The number of piperazine rings is 1. The molecule has 5 aliphatic heterocycles. The number of halogens is 3. The second-order valence-corrected chi connectivity index (χ2v) is 19.2. The molecule has 0 radical (unpaired) electrons. The van der Waals surface area contributed by atoms with Gasteiger partial charge in [-0.25, -0.2) is 27.5 Å². The molecule has 17 nitrogen and oxygen atoms in total. The number of likely N-dealkylation sites (tertiary alicyclic amines) is 1. The number of benzene rings is 2. The number of carbonyl (C=O) groups excluding carboxylic acids is 3. The Balaban J connectivity index is 0.696. The summed E-state index contributed by atoms with van der Waals surface area (Å²) in [4.78, 5) is 65.5. The lowest BCUT2D eigenvalue weighted by Gasteiger charge is -2.47. The van der Waals surface area contributed by atoms with E-state index >= 15 is 13.2 Å². The van der Waals surface area contributed by atoms with Crippen LogP contribution in [0.4, 0.5) is 41.7 Å². The highest BCUT2D eigenvalue weighted by molar-refractivity contribution is 6.00.